The number of pyridine rings is 1. The van der Waals surface area contributed by atoms with Crippen LogP contribution >= 0.6 is 11.3 Å². The molecule has 2 atom stereocenters. The van der Waals surface area contributed by atoms with E-state index in [4.69, 9.17) is 4.98 Å². The molecule has 0 radical (unpaired) electrons. The molecule has 2 aliphatic heterocycles. The third kappa shape index (κ3) is 2.23. The molecule has 4 nitrogen and oxygen atoms in total. The van der Waals surface area contributed by atoms with E-state index in [1.165, 1.54) is 28.5 Å². The number of nitrogens with zero attached hydrogens (tertiary/aromatic N) is 4. The summed E-state index contributed by atoms with van der Waals surface area (Å²) < 4.78 is 2.42. The first kappa shape index (κ1) is 13.5. The Morgan fingerprint density at radius 1 is 1.13 bits per heavy atom. The molecule has 2 aliphatic rings. The first-order valence-electron chi connectivity index (χ1n) is 8.09. The number of imidazole rings is 1. The van der Waals surface area contributed by atoms with Crippen LogP contribution in [-0.2, 0) is 13.1 Å². The van der Waals surface area contributed by atoms with Crippen LogP contribution in [0.2, 0.25) is 0 Å². The fourth-order valence-corrected chi connectivity index (χ4v) is 4.80. The maximum absolute atomic E-state index is 4.77. The van der Waals surface area contributed by atoms with Crippen LogP contribution in [0.3, 0.4) is 0 Å². The van der Waals surface area contributed by atoms with Gasteiger partial charge in [0.05, 0.1) is 11.9 Å². The molecule has 0 aromatic carbocycles. The third-order valence-corrected chi connectivity index (χ3v) is 5.95. The van der Waals surface area contributed by atoms with Crippen molar-refractivity contribution in [3.63, 3.8) is 0 Å². The van der Waals surface area contributed by atoms with Crippen LogP contribution in [0.5, 0.6) is 0 Å². The molecule has 0 amide bonds. The van der Waals surface area contributed by atoms with E-state index >= 15 is 0 Å². The van der Waals surface area contributed by atoms with Gasteiger partial charge >= 0.3 is 0 Å². The first-order valence-corrected chi connectivity index (χ1v) is 8.97. The molecule has 5 heterocycles. The Morgan fingerprint density at radius 2 is 2.04 bits per heavy atom. The standard InChI is InChI=1S/C18H18N4S/c1-2-15(23-7-1)11-21-9-14-10-22-17(13-3-5-19-6-4-13)8-20-18(22)16(14)12-21/h1-8,14,16H,9-12H2/t14-,16-/m0/s1. The molecule has 5 heteroatoms. The Kier molecular flexibility index (Phi) is 3.09. The van der Waals surface area contributed by atoms with E-state index in [9.17, 15) is 0 Å². The van der Waals surface area contributed by atoms with Crippen molar-refractivity contribution in [2.24, 2.45) is 5.92 Å². The normalized spacial score (nSPS) is 23.1. The van der Waals surface area contributed by atoms with E-state index in [1.807, 2.05) is 29.9 Å². The second-order valence-electron chi connectivity index (χ2n) is 6.49. The minimum absolute atomic E-state index is 0.588. The molecular formula is C18H18N4S. The lowest BCUT2D eigenvalue weighted by molar-refractivity contribution is 0.309. The van der Waals surface area contributed by atoms with Gasteiger partial charge in [-0.1, -0.05) is 6.07 Å². The number of thiophene rings is 1. The van der Waals surface area contributed by atoms with Gasteiger partial charge in [0, 0.05) is 60.8 Å². The van der Waals surface area contributed by atoms with Crippen LogP contribution in [0.25, 0.3) is 11.3 Å². The number of likely N-dealkylation sites (tertiary alicyclic amines) is 1. The van der Waals surface area contributed by atoms with Gasteiger partial charge in [-0.2, -0.15) is 0 Å². The van der Waals surface area contributed by atoms with E-state index in [-0.39, 0.29) is 0 Å². The van der Waals surface area contributed by atoms with E-state index in [1.54, 1.807) is 0 Å². The van der Waals surface area contributed by atoms with Crippen LogP contribution in [0.15, 0.2) is 48.2 Å². The summed E-state index contributed by atoms with van der Waals surface area (Å²) in [6.07, 6.45) is 5.74. The summed E-state index contributed by atoms with van der Waals surface area (Å²) in [4.78, 5) is 12.9. The van der Waals surface area contributed by atoms with Crippen molar-refractivity contribution in [2.75, 3.05) is 13.1 Å². The highest BCUT2D eigenvalue weighted by atomic mass is 32.1. The molecule has 0 saturated carbocycles. The van der Waals surface area contributed by atoms with Gasteiger partial charge in [0.15, 0.2) is 0 Å². The Hall–Kier alpha value is -1.98. The summed E-state index contributed by atoms with van der Waals surface area (Å²) in [6, 6.07) is 8.52. The van der Waals surface area contributed by atoms with Crippen LogP contribution in [-0.4, -0.2) is 32.5 Å². The van der Waals surface area contributed by atoms with Crippen molar-refractivity contribution in [2.45, 2.75) is 19.0 Å². The van der Waals surface area contributed by atoms with Gasteiger partial charge in [-0.3, -0.25) is 9.88 Å². The van der Waals surface area contributed by atoms with E-state index in [2.05, 4.69) is 44.1 Å². The van der Waals surface area contributed by atoms with Gasteiger partial charge in [-0.05, 0) is 23.6 Å². The van der Waals surface area contributed by atoms with Gasteiger partial charge in [0.25, 0.3) is 0 Å². The fraction of sp³-hybridized carbons (Fsp3) is 0.333. The molecule has 3 aromatic heterocycles. The van der Waals surface area contributed by atoms with Crippen molar-refractivity contribution in [3.05, 3.63) is 58.9 Å². The van der Waals surface area contributed by atoms with Gasteiger partial charge in [0.2, 0.25) is 0 Å². The van der Waals surface area contributed by atoms with Crippen LogP contribution in [0, 0.1) is 5.92 Å². The maximum atomic E-state index is 4.77. The Balaban J connectivity index is 1.39. The molecule has 23 heavy (non-hydrogen) atoms. The summed E-state index contributed by atoms with van der Waals surface area (Å²) in [5.41, 5.74) is 2.45. The highest BCUT2D eigenvalue weighted by Crippen LogP contribution is 2.41. The Labute approximate surface area is 139 Å². The van der Waals surface area contributed by atoms with Crippen molar-refractivity contribution in [1.82, 2.24) is 19.4 Å². The second-order valence-corrected chi connectivity index (χ2v) is 7.52. The molecule has 3 aromatic rings. The lowest BCUT2D eigenvalue weighted by atomic mass is 9.99. The number of fused-ring (bicyclic) bond motifs is 3. The number of hydrogen-bond donors (Lipinski definition) is 0. The van der Waals surface area contributed by atoms with Crippen LogP contribution in [0.1, 0.15) is 16.6 Å². The molecule has 0 N–H and O–H groups in total. The average molecular weight is 322 g/mol. The number of rotatable bonds is 3. The zero-order valence-electron chi connectivity index (χ0n) is 12.8. The lowest BCUT2D eigenvalue weighted by Gasteiger charge is -2.16. The van der Waals surface area contributed by atoms with E-state index in [0.717, 1.165) is 19.6 Å². The van der Waals surface area contributed by atoms with Crippen molar-refractivity contribution in [3.8, 4) is 11.3 Å². The molecule has 116 valence electrons. The SMILES string of the molecule is c1csc(CN2C[C@H]3Cn4c(-c5ccncc5)cnc4[C@H]3C2)c1. The summed E-state index contributed by atoms with van der Waals surface area (Å²) in [5, 5.41) is 2.17. The third-order valence-electron chi connectivity index (χ3n) is 5.09. The summed E-state index contributed by atoms with van der Waals surface area (Å²) in [5.74, 6) is 2.57. The average Bonchev–Trinajstić information content (AvgIpc) is 3.31. The number of hydrogen-bond acceptors (Lipinski definition) is 4. The quantitative estimate of drug-likeness (QED) is 0.742. The Morgan fingerprint density at radius 3 is 2.87 bits per heavy atom. The minimum Gasteiger partial charge on any atom is -0.327 e. The largest absolute Gasteiger partial charge is 0.327 e. The van der Waals surface area contributed by atoms with Crippen molar-refractivity contribution >= 4 is 11.3 Å². The smallest absolute Gasteiger partial charge is 0.113 e. The molecule has 0 unspecified atom stereocenters. The predicted molar refractivity (Wildman–Crippen MR) is 91.3 cm³/mol. The molecular weight excluding hydrogens is 304 g/mol. The fourth-order valence-electron chi connectivity index (χ4n) is 4.06. The first-order chi connectivity index (χ1) is 11.4. The highest BCUT2D eigenvalue weighted by molar-refractivity contribution is 7.09. The highest BCUT2D eigenvalue weighted by Gasteiger charge is 2.42. The molecule has 1 saturated heterocycles. The summed E-state index contributed by atoms with van der Waals surface area (Å²) in [7, 11) is 0. The number of aromatic nitrogens is 3. The van der Waals surface area contributed by atoms with Crippen molar-refractivity contribution < 1.29 is 0 Å². The minimum atomic E-state index is 0.588. The van der Waals surface area contributed by atoms with Crippen LogP contribution < -0.4 is 0 Å². The Bertz CT molecular complexity index is 809. The van der Waals surface area contributed by atoms with Gasteiger partial charge in [-0.15, -0.1) is 11.3 Å². The molecule has 1 fully saturated rings. The predicted octanol–water partition coefficient (Wildman–Crippen LogP) is 3.24. The van der Waals surface area contributed by atoms with Gasteiger partial charge in [-0.25, -0.2) is 4.98 Å². The second kappa shape index (κ2) is 5.28. The molecule has 0 bridgehead atoms. The van der Waals surface area contributed by atoms with E-state index in [0.29, 0.717) is 11.8 Å². The van der Waals surface area contributed by atoms with Gasteiger partial charge < -0.3 is 4.57 Å². The molecule has 5 rings (SSSR count). The van der Waals surface area contributed by atoms with Crippen LogP contribution in [0.4, 0.5) is 0 Å². The van der Waals surface area contributed by atoms with Crippen molar-refractivity contribution in [1.29, 1.82) is 0 Å². The topological polar surface area (TPSA) is 34.0 Å². The molecule has 0 aliphatic carbocycles. The summed E-state index contributed by atoms with van der Waals surface area (Å²) in [6.45, 7) is 4.50. The maximum Gasteiger partial charge on any atom is 0.113 e. The zero-order valence-corrected chi connectivity index (χ0v) is 13.6. The van der Waals surface area contributed by atoms with E-state index < -0.39 is 0 Å². The van der Waals surface area contributed by atoms with Gasteiger partial charge in [0.1, 0.15) is 5.82 Å². The summed E-state index contributed by atoms with van der Waals surface area (Å²) >= 11 is 1.86. The molecule has 0 spiro atoms. The zero-order chi connectivity index (χ0) is 15.2. The lowest BCUT2D eigenvalue weighted by Crippen LogP contribution is -2.21. The monoisotopic (exact) mass is 322 g/mol.